The lowest BCUT2D eigenvalue weighted by Gasteiger charge is -2.43. The maximum atomic E-state index is 12.0. The van der Waals surface area contributed by atoms with E-state index in [0.29, 0.717) is 0 Å². The number of hydrogen-bond donors (Lipinski definition) is 2. The Balaban J connectivity index is 1.35. The molecule has 1 aliphatic rings. The molecule has 1 fully saturated rings. The van der Waals surface area contributed by atoms with Gasteiger partial charge in [0.05, 0.1) is 18.8 Å². The number of nitrogens with one attached hydrogen (secondary N) is 1. The summed E-state index contributed by atoms with van der Waals surface area (Å²) in [6.07, 6.45) is -0.866. The number of amides is 1. The monoisotopic (exact) mass is 680 g/mol. The van der Waals surface area contributed by atoms with E-state index < -0.39 is 16.0 Å². The number of rotatable bonds is 10. The molecule has 1 heterocycles. The highest BCUT2D eigenvalue weighted by molar-refractivity contribution is 6.76. The number of nitrogens with zero attached hydrogens (tertiary/aromatic N) is 1. The van der Waals surface area contributed by atoms with Crippen LogP contribution < -0.4 is 5.32 Å². The topological polar surface area (TPSA) is 71.0 Å². The summed E-state index contributed by atoms with van der Waals surface area (Å²) >= 11 is 17.0. The molecule has 9 heteroatoms. The highest BCUT2D eigenvalue weighted by atomic mass is 35.6. The van der Waals surface area contributed by atoms with Gasteiger partial charge in [-0.25, -0.2) is 0 Å². The van der Waals surface area contributed by atoms with E-state index in [9.17, 15) is 9.90 Å². The second kappa shape index (κ2) is 15.3. The number of carbonyl (C=O) groups excluding carboxylic acids is 1. The number of aliphatic hydroxyl groups excluding tert-OH is 1. The van der Waals surface area contributed by atoms with Gasteiger partial charge in [0.1, 0.15) is 0 Å². The van der Waals surface area contributed by atoms with Crippen molar-refractivity contribution in [3.05, 3.63) is 131 Å². The van der Waals surface area contributed by atoms with Crippen LogP contribution in [0, 0.1) is 5.92 Å². The molecule has 46 heavy (non-hydrogen) atoms. The van der Waals surface area contributed by atoms with E-state index in [0.717, 1.165) is 39.9 Å². The van der Waals surface area contributed by atoms with Crippen LogP contribution in [0.3, 0.4) is 0 Å². The number of halogens is 3. The maximum absolute atomic E-state index is 12.0. The molecule has 5 atom stereocenters. The van der Waals surface area contributed by atoms with Crippen molar-refractivity contribution in [1.82, 2.24) is 10.2 Å². The van der Waals surface area contributed by atoms with Crippen LogP contribution in [0.25, 0.3) is 11.1 Å². The predicted molar refractivity (Wildman–Crippen MR) is 184 cm³/mol. The minimum absolute atomic E-state index is 0.00324. The number of aliphatic hydroxyl groups is 1. The molecule has 1 aliphatic heterocycles. The SMILES string of the molecule is CC1C(CN(C)C(C)c2ccccc2)OC(c2ccc(-c3cccc(CNC(=O)C(Cl)(Cl)Cl)c3)cc2)OC1c1ccc(CO)cc1. The molecular weight excluding hydrogens is 643 g/mol. The van der Waals surface area contributed by atoms with Crippen molar-refractivity contribution in [3.8, 4) is 11.1 Å². The maximum Gasteiger partial charge on any atom is 0.272 e. The molecule has 2 N–H and O–H groups in total. The van der Waals surface area contributed by atoms with Crippen LogP contribution in [0.5, 0.6) is 0 Å². The van der Waals surface area contributed by atoms with Gasteiger partial charge in [-0.2, -0.15) is 0 Å². The fraction of sp³-hybridized carbons (Fsp3) is 0.324. The lowest BCUT2D eigenvalue weighted by atomic mass is 9.89. The van der Waals surface area contributed by atoms with E-state index in [2.05, 4.69) is 55.4 Å². The van der Waals surface area contributed by atoms with E-state index in [1.165, 1.54) is 5.56 Å². The zero-order valence-electron chi connectivity index (χ0n) is 26.1. The van der Waals surface area contributed by atoms with Crippen molar-refractivity contribution < 1.29 is 19.4 Å². The fourth-order valence-corrected chi connectivity index (χ4v) is 5.93. The standard InChI is InChI=1S/C37H39Cl3N2O4/c1-24-33(22-42(3)25(2)28-9-5-4-6-10-28)45-35(46-34(24)30-14-12-26(23-43)13-15-30)31-18-16-29(17-19-31)32-11-7-8-27(20-32)21-41-36(44)37(38,39)40/h4-20,24-25,33-35,43H,21-23H2,1-3H3,(H,41,44). The first kappa shape index (κ1) is 34.4. The summed E-state index contributed by atoms with van der Waals surface area (Å²) in [6, 6.07) is 34.7. The van der Waals surface area contributed by atoms with Crippen LogP contribution in [-0.4, -0.2) is 39.4 Å². The van der Waals surface area contributed by atoms with Crippen LogP contribution in [0.4, 0.5) is 0 Å². The van der Waals surface area contributed by atoms with Crippen LogP contribution in [0.2, 0.25) is 0 Å². The Bertz CT molecular complexity index is 1580. The molecule has 1 saturated heterocycles. The zero-order valence-corrected chi connectivity index (χ0v) is 28.3. The quantitative estimate of drug-likeness (QED) is 0.165. The van der Waals surface area contributed by atoms with Crippen LogP contribution in [0.1, 0.15) is 60.1 Å². The number of hydrogen-bond acceptors (Lipinski definition) is 5. The van der Waals surface area contributed by atoms with Crippen molar-refractivity contribution in [2.45, 2.75) is 55.3 Å². The van der Waals surface area contributed by atoms with Gasteiger partial charge in [0.25, 0.3) is 9.70 Å². The van der Waals surface area contributed by atoms with E-state index in [1.54, 1.807) is 0 Å². The van der Waals surface area contributed by atoms with Crippen molar-refractivity contribution >= 4 is 40.7 Å². The lowest BCUT2D eigenvalue weighted by Crippen LogP contribution is -2.44. The molecule has 0 radical (unpaired) electrons. The molecule has 5 unspecified atom stereocenters. The van der Waals surface area contributed by atoms with Gasteiger partial charge in [0.2, 0.25) is 0 Å². The molecule has 5 rings (SSSR count). The highest BCUT2D eigenvalue weighted by Crippen LogP contribution is 2.42. The van der Waals surface area contributed by atoms with E-state index in [-0.39, 0.29) is 37.3 Å². The molecule has 0 aromatic heterocycles. The number of benzene rings is 4. The summed E-state index contributed by atoms with van der Waals surface area (Å²) in [4.78, 5) is 14.3. The molecule has 242 valence electrons. The van der Waals surface area contributed by atoms with E-state index in [4.69, 9.17) is 44.3 Å². The van der Waals surface area contributed by atoms with Crippen molar-refractivity contribution in [2.75, 3.05) is 13.6 Å². The normalized spacial score (nSPS) is 20.8. The molecule has 6 nitrogen and oxygen atoms in total. The first-order chi connectivity index (χ1) is 22.0. The van der Waals surface area contributed by atoms with Gasteiger partial charge in [-0.15, -0.1) is 0 Å². The average molecular weight is 682 g/mol. The van der Waals surface area contributed by atoms with Crippen LogP contribution in [0.15, 0.2) is 103 Å². The molecule has 1 amide bonds. The van der Waals surface area contributed by atoms with Crippen molar-refractivity contribution in [3.63, 3.8) is 0 Å². The Morgan fingerprint density at radius 3 is 2.20 bits per heavy atom. The summed E-state index contributed by atoms with van der Waals surface area (Å²) in [5.41, 5.74) is 6.96. The Labute approximate surface area is 286 Å². The number of carbonyl (C=O) groups is 1. The predicted octanol–water partition coefficient (Wildman–Crippen LogP) is 8.32. The summed E-state index contributed by atoms with van der Waals surface area (Å²) in [5, 5.41) is 12.2. The summed E-state index contributed by atoms with van der Waals surface area (Å²) < 4.78 is 11.4. The Morgan fingerprint density at radius 2 is 1.54 bits per heavy atom. The minimum atomic E-state index is -2.01. The van der Waals surface area contributed by atoms with Gasteiger partial charge in [0, 0.05) is 30.6 Å². The molecular formula is C37H39Cl3N2O4. The fourth-order valence-electron chi connectivity index (χ4n) is 5.73. The number of ether oxygens (including phenoxy) is 2. The van der Waals surface area contributed by atoms with Gasteiger partial charge >= 0.3 is 0 Å². The average Bonchev–Trinajstić information content (AvgIpc) is 3.08. The first-order valence-corrected chi connectivity index (χ1v) is 16.5. The Kier molecular flexibility index (Phi) is 11.4. The number of alkyl halides is 3. The largest absolute Gasteiger partial charge is 0.392 e. The Hall–Kier alpha value is -2.94. The van der Waals surface area contributed by atoms with Crippen LogP contribution in [-0.2, 0) is 27.4 Å². The molecule has 4 aromatic rings. The smallest absolute Gasteiger partial charge is 0.272 e. The van der Waals surface area contributed by atoms with Crippen molar-refractivity contribution in [1.29, 1.82) is 0 Å². The third-order valence-corrected chi connectivity index (χ3v) is 9.20. The summed E-state index contributed by atoms with van der Waals surface area (Å²) in [5.74, 6) is -0.596. The van der Waals surface area contributed by atoms with Gasteiger partial charge in [-0.05, 0) is 53.4 Å². The molecule has 0 bridgehead atoms. The summed E-state index contributed by atoms with van der Waals surface area (Å²) in [7, 11) is 2.13. The van der Waals surface area contributed by atoms with Gasteiger partial charge in [0.15, 0.2) is 6.29 Å². The third-order valence-electron chi connectivity index (χ3n) is 8.69. The van der Waals surface area contributed by atoms with E-state index >= 15 is 0 Å². The molecule has 4 aromatic carbocycles. The van der Waals surface area contributed by atoms with Crippen molar-refractivity contribution in [2.24, 2.45) is 5.92 Å². The number of likely N-dealkylation sites (N-methyl/N-ethyl adjacent to an activating group) is 1. The molecule has 0 saturated carbocycles. The van der Waals surface area contributed by atoms with Gasteiger partial charge in [-0.1, -0.05) is 139 Å². The summed E-state index contributed by atoms with van der Waals surface area (Å²) in [6.45, 7) is 5.35. The lowest BCUT2D eigenvalue weighted by molar-refractivity contribution is -0.276. The van der Waals surface area contributed by atoms with Crippen LogP contribution >= 0.6 is 34.8 Å². The third kappa shape index (κ3) is 8.50. The second-order valence-electron chi connectivity index (χ2n) is 11.9. The molecule has 0 spiro atoms. The van der Waals surface area contributed by atoms with E-state index in [1.807, 2.05) is 78.9 Å². The highest BCUT2D eigenvalue weighted by Gasteiger charge is 2.39. The van der Waals surface area contributed by atoms with Gasteiger partial charge in [-0.3, -0.25) is 9.69 Å². The second-order valence-corrected chi connectivity index (χ2v) is 14.1. The first-order valence-electron chi connectivity index (χ1n) is 15.3. The zero-order chi connectivity index (χ0) is 32.8. The molecule has 0 aliphatic carbocycles. The van der Waals surface area contributed by atoms with Gasteiger partial charge < -0.3 is 19.9 Å². The Morgan fingerprint density at radius 1 is 0.870 bits per heavy atom. The minimum Gasteiger partial charge on any atom is -0.392 e.